The lowest BCUT2D eigenvalue weighted by atomic mass is 10.1. The predicted octanol–water partition coefficient (Wildman–Crippen LogP) is 3.92. The Morgan fingerprint density at radius 3 is 2.47 bits per heavy atom. The second kappa shape index (κ2) is 12.6. The van der Waals surface area contributed by atoms with E-state index in [4.69, 9.17) is 0 Å². The number of hydrogen-bond donors (Lipinski definition) is 3. The molecule has 2 aromatic carbocycles. The molecule has 2 aromatic rings. The highest BCUT2D eigenvalue weighted by Crippen LogP contribution is 2.26. The van der Waals surface area contributed by atoms with Crippen LogP contribution in [0.1, 0.15) is 25.8 Å². The van der Waals surface area contributed by atoms with Crippen LogP contribution in [-0.4, -0.2) is 44.1 Å². The molecule has 1 heterocycles. The van der Waals surface area contributed by atoms with Crippen molar-refractivity contribution in [1.29, 1.82) is 0 Å². The third kappa shape index (κ3) is 7.32. The van der Waals surface area contributed by atoms with Gasteiger partial charge in [-0.1, -0.05) is 18.2 Å². The summed E-state index contributed by atoms with van der Waals surface area (Å²) in [4.78, 5) is 17.5. The largest absolute Gasteiger partial charge is 0.365 e. The number of para-hydroxylation sites is 1. The number of hydrogen-bond acceptors (Lipinski definition) is 3. The Balaban J connectivity index is 0.00000363. The van der Waals surface area contributed by atoms with E-state index < -0.39 is 11.6 Å². The van der Waals surface area contributed by atoms with E-state index in [9.17, 15) is 13.6 Å². The maximum absolute atomic E-state index is 14.1. The Morgan fingerprint density at radius 2 is 1.84 bits per heavy atom. The van der Waals surface area contributed by atoms with Gasteiger partial charge in [0.05, 0.1) is 0 Å². The number of guanidine groups is 1. The van der Waals surface area contributed by atoms with Gasteiger partial charge in [0.2, 0.25) is 5.91 Å². The van der Waals surface area contributed by atoms with Crippen molar-refractivity contribution in [2.24, 2.45) is 4.99 Å². The molecule has 0 bridgehead atoms. The molecule has 6 nitrogen and oxygen atoms in total. The summed E-state index contributed by atoms with van der Waals surface area (Å²) >= 11 is 0. The number of carbonyl (C=O) groups is 1. The molecule has 1 unspecified atom stereocenters. The first kappa shape index (κ1) is 25.8. The van der Waals surface area contributed by atoms with Crippen molar-refractivity contribution in [1.82, 2.24) is 10.6 Å². The third-order valence-electron chi connectivity index (χ3n) is 5.07. The maximum atomic E-state index is 14.1. The van der Waals surface area contributed by atoms with Crippen LogP contribution in [0.15, 0.2) is 47.5 Å². The van der Waals surface area contributed by atoms with Crippen LogP contribution < -0.4 is 20.9 Å². The fourth-order valence-corrected chi connectivity index (χ4v) is 3.64. The third-order valence-corrected chi connectivity index (χ3v) is 5.07. The molecule has 1 atom stereocenters. The van der Waals surface area contributed by atoms with Gasteiger partial charge in [-0.05, 0) is 49.6 Å². The second-order valence-corrected chi connectivity index (χ2v) is 7.53. The zero-order valence-electron chi connectivity index (χ0n) is 18.3. The monoisotopic (exact) mass is 557 g/mol. The number of nitrogens with zero attached hydrogens (tertiary/aromatic N) is 2. The zero-order chi connectivity index (χ0) is 22.2. The number of halogens is 3. The Kier molecular flexibility index (Phi) is 10.1. The predicted molar refractivity (Wildman–Crippen MR) is 136 cm³/mol. The van der Waals surface area contributed by atoms with Crippen molar-refractivity contribution in [3.8, 4) is 0 Å². The first-order chi connectivity index (χ1) is 15.0. The van der Waals surface area contributed by atoms with Gasteiger partial charge in [-0.15, -0.1) is 24.0 Å². The summed E-state index contributed by atoms with van der Waals surface area (Å²) in [6, 6.07) is 11.7. The summed E-state index contributed by atoms with van der Waals surface area (Å²) in [6.45, 7) is 5.87. The van der Waals surface area contributed by atoms with E-state index in [-0.39, 0.29) is 41.6 Å². The number of carbonyl (C=O) groups excluding carboxylic acids is 1. The number of benzene rings is 2. The minimum Gasteiger partial charge on any atom is -0.365 e. The first-order valence-electron chi connectivity index (χ1n) is 10.6. The fraction of sp³-hybridized carbons (Fsp3) is 0.391. The van der Waals surface area contributed by atoms with Crippen molar-refractivity contribution >= 4 is 47.2 Å². The van der Waals surface area contributed by atoms with Gasteiger partial charge in [0.15, 0.2) is 5.96 Å². The number of aliphatic imine (C=N–C) groups is 1. The van der Waals surface area contributed by atoms with Crippen LogP contribution in [0.4, 0.5) is 20.2 Å². The number of anilines is 2. The Bertz CT molecular complexity index is 903. The van der Waals surface area contributed by atoms with Crippen molar-refractivity contribution < 1.29 is 13.6 Å². The van der Waals surface area contributed by atoms with E-state index in [2.05, 4.69) is 20.9 Å². The van der Waals surface area contributed by atoms with Gasteiger partial charge < -0.3 is 20.9 Å². The van der Waals surface area contributed by atoms with Crippen LogP contribution in [-0.2, 0) is 11.2 Å². The van der Waals surface area contributed by atoms with E-state index in [1.54, 1.807) is 4.90 Å². The maximum Gasteiger partial charge on any atom is 0.221 e. The highest BCUT2D eigenvalue weighted by molar-refractivity contribution is 14.0. The SMILES string of the molecule is CCNC(=NCCc1ccc(NC(C)=O)cc1)NC1CCN(c2c(F)cccc2F)C1.I. The van der Waals surface area contributed by atoms with Crippen LogP contribution in [0, 0.1) is 11.6 Å². The standard InChI is InChI=1S/C23H29F2N5O.HI/c1-3-26-23(27-13-11-17-7-9-18(10-8-17)28-16(2)31)29-19-12-14-30(15-19)22-20(24)5-4-6-21(22)25;/h4-10,19H,3,11-15H2,1-2H3,(H,28,31)(H2,26,27,29);1H. The quantitative estimate of drug-likeness (QED) is 0.275. The molecule has 0 spiro atoms. The average molecular weight is 557 g/mol. The molecule has 174 valence electrons. The van der Waals surface area contributed by atoms with Crippen LogP contribution in [0.3, 0.4) is 0 Å². The Morgan fingerprint density at radius 1 is 1.16 bits per heavy atom. The topological polar surface area (TPSA) is 68.8 Å². The molecular weight excluding hydrogens is 527 g/mol. The van der Waals surface area contributed by atoms with E-state index in [0.717, 1.165) is 30.6 Å². The van der Waals surface area contributed by atoms with Crippen molar-refractivity contribution in [3.63, 3.8) is 0 Å². The van der Waals surface area contributed by atoms with Crippen LogP contribution in [0.25, 0.3) is 0 Å². The molecule has 32 heavy (non-hydrogen) atoms. The van der Waals surface area contributed by atoms with E-state index in [1.807, 2.05) is 31.2 Å². The summed E-state index contributed by atoms with van der Waals surface area (Å²) in [5.74, 6) is -0.475. The molecule has 1 saturated heterocycles. The molecular formula is C23H30F2IN5O. The highest BCUT2D eigenvalue weighted by Gasteiger charge is 2.27. The molecule has 1 fully saturated rings. The van der Waals surface area contributed by atoms with Gasteiger partial charge in [0, 0.05) is 44.8 Å². The molecule has 1 aliphatic rings. The van der Waals surface area contributed by atoms with Gasteiger partial charge in [0.25, 0.3) is 0 Å². The number of rotatable bonds is 7. The minimum atomic E-state index is -0.536. The molecule has 1 aliphatic heterocycles. The van der Waals surface area contributed by atoms with Gasteiger partial charge in [-0.3, -0.25) is 9.79 Å². The summed E-state index contributed by atoms with van der Waals surface area (Å²) < 4.78 is 28.1. The summed E-state index contributed by atoms with van der Waals surface area (Å²) in [5.41, 5.74) is 1.93. The second-order valence-electron chi connectivity index (χ2n) is 7.53. The van der Waals surface area contributed by atoms with Crippen LogP contribution in [0.5, 0.6) is 0 Å². The fourth-order valence-electron chi connectivity index (χ4n) is 3.64. The first-order valence-corrected chi connectivity index (χ1v) is 10.6. The van der Waals surface area contributed by atoms with Crippen LogP contribution in [0.2, 0.25) is 0 Å². The van der Waals surface area contributed by atoms with Crippen molar-refractivity contribution in [2.75, 3.05) is 36.4 Å². The molecule has 0 aliphatic carbocycles. The highest BCUT2D eigenvalue weighted by atomic mass is 127. The van der Waals surface area contributed by atoms with E-state index in [1.165, 1.54) is 25.1 Å². The molecule has 3 N–H and O–H groups in total. The van der Waals surface area contributed by atoms with Gasteiger partial charge in [-0.25, -0.2) is 8.78 Å². The molecule has 0 aromatic heterocycles. The minimum absolute atomic E-state index is 0. The molecule has 0 radical (unpaired) electrons. The smallest absolute Gasteiger partial charge is 0.221 e. The number of amides is 1. The lowest BCUT2D eigenvalue weighted by Gasteiger charge is -2.21. The Labute approximate surface area is 204 Å². The lowest BCUT2D eigenvalue weighted by molar-refractivity contribution is -0.114. The summed E-state index contributed by atoms with van der Waals surface area (Å²) in [6.07, 6.45) is 1.52. The zero-order valence-corrected chi connectivity index (χ0v) is 20.7. The summed E-state index contributed by atoms with van der Waals surface area (Å²) in [5, 5.41) is 9.35. The van der Waals surface area contributed by atoms with Gasteiger partial charge in [0.1, 0.15) is 17.3 Å². The van der Waals surface area contributed by atoms with Gasteiger partial charge >= 0.3 is 0 Å². The number of nitrogens with one attached hydrogen (secondary N) is 3. The Hall–Kier alpha value is -2.43. The van der Waals surface area contributed by atoms with Crippen molar-refractivity contribution in [2.45, 2.75) is 32.7 Å². The van der Waals surface area contributed by atoms with E-state index >= 15 is 0 Å². The molecule has 0 saturated carbocycles. The molecule has 1 amide bonds. The van der Waals surface area contributed by atoms with Crippen molar-refractivity contribution in [3.05, 3.63) is 59.7 Å². The van der Waals surface area contributed by atoms with Gasteiger partial charge in [-0.2, -0.15) is 0 Å². The normalized spacial score (nSPS) is 15.8. The average Bonchev–Trinajstić information content (AvgIpc) is 3.17. The molecule has 3 rings (SSSR count). The van der Waals surface area contributed by atoms with E-state index in [0.29, 0.717) is 25.6 Å². The van der Waals surface area contributed by atoms with Crippen LogP contribution >= 0.6 is 24.0 Å². The lowest BCUT2D eigenvalue weighted by Crippen LogP contribution is -2.44. The molecule has 9 heteroatoms. The summed E-state index contributed by atoms with van der Waals surface area (Å²) in [7, 11) is 0.